The molecular formula is C17H20N2O3S3. The molecule has 0 saturated carbocycles. The smallest absolute Gasteiger partial charge is 0.244 e. The second kappa shape index (κ2) is 8.44. The Kier molecular flexibility index (Phi) is 6.27. The first-order chi connectivity index (χ1) is 12.1. The number of nitrogens with zero attached hydrogens (tertiary/aromatic N) is 2. The van der Waals surface area contributed by atoms with E-state index in [9.17, 15) is 12.6 Å². The maximum Gasteiger partial charge on any atom is 0.244 e. The third kappa shape index (κ3) is 4.69. The predicted molar refractivity (Wildman–Crippen MR) is 101 cm³/mol. The van der Waals surface area contributed by atoms with Crippen LogP contribution in [-0.4, -0.2) is 46.5 Å². The van der Waals surface area contributed by atoms with Crippen LogP contribution in [0.4, 0.5) is 0 Å². The number of sulfonamides is 1. The van der Waals surface area contributed by atoms with Gasteiger partial charge in [-0.25, -0.2) is 13.4 Å². The van der Waals surface area contributed by atoms with E-state index in [4.69, 9.17) is 0 Å². The van der Waals surface area contributed by atoms with E-state index in [-0.39, 0.29) is 4.90 Å². The van der Waals surface area contributed by atoms with Gasteiger partial charge in [0.1, 0.15) is 4.90 Å². The summed E-state index contributed by atoms with van der Waals surface area (Å²) in [5.41, 5.74) is 0. The second-order valence-corrected chi connectivity index (χ2v) is 10.3. The number of rotatable bonds is 7. The minimum atomic E-state index is -3.41. The van der Waals surface area contributed by atoms with Gasteiger partial charge in [0.15, 0.2) is 0 Å². The molecule has 0 N–H and O–H groups in total. The van der Waals surface area contributed by atoms with Crippen LogP contribution in [-0.2, 0) is 20.8 Å². The SMILES string of the molecule is O=[S@](CCSc1ccc(S(=O)(=O)N2CCCC2)cn1)c1ccccc1. The number of hydrogen-bond donors (Lipinski definition) is 0. The summed E-state index contributed by atoms with van der Waals surface area (Å²) in [6, 6.07) is 12.7. The molecule has 25 heavy (non-hydrogen) atoms. The fraction of sp³-hybridized carbons (Fsp3) is 0.353. The zero-order chi connectivity index (χ0) is 17.7. The molecule has 134 valence electrons. The zero-order valence-electron chi connectivity index (χ0n) is 13.7. The highest BCUT2D eigenvalue weighted by molar-refractivity contribution is 8.00. The van der Waals surface area contributed by atoms with Crippen molar-refractivity contribution in [1.82, 2.24) is 9.29 Å². The van der Waals surface area contributed by atoms with Gasteiger partial charge in [0.05, 0.1) is 15.8 Å². The Hall–Kier alpha value is -1.22. The van der Waals surface area contributed by atoms with Crippen LogP contribution in [0.5, 0.6) is 0 Å². The Morgan fingerprint density at radius 3 is 2.44 bits per heavy atom. The molecule has 0 amide bonds. The summed E-state index contributed by atoms with van der Waals surface area (Å²) >= 11 is 1.48. The van der Waals surface area contributed by atoms with Gasteiger partial charge in [0, 0.05) is 35.7 Å². The molecule has 1 saturated heterocycles. The summed E-state index contributed by atoms with van der Waals surface area (Å²) < 4.78 is 38.6. The van der Waals surface area contributed by atoms with Gasteiger partial charge in [-0.15, -0.1) is 11.8 Å². The highest BCUT2D eigenvalue weighted by Crippen LogP contribution is 2.22. The third-order valence-electron chi connectivity index (χ3n) is 3.94. The second-order valence-electron chi connectivity index (χ2n) is 5.65. The molecule has 2 aromatic rings. The van der Waals surface area contributed by atoms with E-state index >= 15 is 0 Å². The highest BCUT2D eigenvalue weighted by atomic mass is 32.2. The summed E-state index contributed by atoms with van der Waals surface area (Å²) in [7, 11) is -4.44. The molecule has 3 rings (SSSR count). The standard InChI is InChI=1S/C17H20N2O3S3/c20-24(15-6-2-1-3-7-15)13-12-23-17-9-8-16(14-18-17)25(21,22)19-10-4-5-11-19/h1-3,6-9,14H,4-5,10-13H2/t24-/m1/s1. The maximum absolute atomic E-state index is 12.4. The Morgan fingerprint density at radius 1 is 1.08 bits per heavy atom. The summed E-state index contributed by atoms with van der Waals surface area (Å²) in [6.45, 7) is 1.17. The van der Waals surface area contributed by atoms with Gasteiger partial charge in [-0.3, -0.25) is 4.21 Å². The fourth-order valence-corrected chi connectivity index (χ4v) is 6.19. The van der Waals surface area contributed by atoms with Crippen molar-refractivity contribution >= 4 is 32.6 Å². The Bertz CT molecular complexity index is 818. The highest BCUT2D eigenvalue weighted by Gasteiger charge is 2.27. The molecular weight excluding hydrogens is 376 g/mol. The molecule has 1 atom stereocenters. The van der Waals surface area contributed by atoms with Crippen LogP contribution >= 0.6 is 11.8 Å². The quantitative estimate of drug-likeness (QED) is 0.673. The Labute approximate surface area is 155 Å². The van der Waals surface area contributed by atoms with Gasteiger partial charge in [0.2, 0.25) is 10.0 Å². The molecule has 0 bridgehead atoms. The first-order valence-electron chi connectivity index (χ1n) is 8.10. The van der Waals surface area contributed by atoms with Crippen LogP contribution in [0.3, 0.4) is 0 Å². The molecule has 1 aromatic heterocycles. The summed E-state index contributed by atoms with van der Waals surface area (Å²) in [5, 5.41) is 0.741. The predicted octanol–water partition coefficient (Wildman–Crippen LogP) is 2.77. The van der Waals surface area contributed by atoms with Crippen molar-refractivity contribution in [3.63, 3.8) is 0 Å². The van der Waals surface area contributed by atoms with Crippen LogP contribution in [0.15, 0.2) is 63.5 Å². The number of pyridine rings is 1. The van der Waals surface area contributed by atoms with Gasteiger partial charge in [-0.1, -0.05) is 18.2 Å². The average molecular weight is 397 g/mol. The van der Waals surface area contributed by atoms with Crippen molar-refractivity contribution in [3.8, 4) is 0 Å². The Balaban J connectivity index is 1.55. The number of aromatic nitrogens is 1. The maximum atomic E-state index is 12.4. The molecule has 0 spiro atoms. The van der Waals surface area contributed by atoms with Crippen molar-refractivity contribution in [3.05, 3.63) is 48.7 Å². The van der Waals surface area contributed by atoms with Gasteiger partial charge in [-0.05, 0) is 37.1 Å². The van der Waals surface area contributed by atoms with E-state index in [0.717, 1.165) is 22.8 Å². The van der Waals surface area contributed by atoms with Gasteiger partial charge >= 0.3 is 0 Å². The molecule has 1 aliphatic heterocycles. The molecule has 0 unspecified atom stereocenters. The van der Waals surface area contributed by atoms with Crippen LogP contribution in [0.1, 0.15) is 12.8 Å². The molecule has 0 radical (unpaired) electrons. The summed E-state index contributed by atoms with van der Waals surface area (Å²) in [6.07, 6.45) is 3.25. The lowest BCUT2D eigenvalue weighted by Gasteiger charge is -2.15. The van der Waals surface area contributed by atoms with Gasteiger partial charge in [-0.2, -0.15) is 4.31 Å². The fourth-order valence-electron chi connectivity index (χ4n) is 2.59. The number of hydrogen-bond acceptors (Lipinski definition) is 5. The van der Waals surface area contributed by atoms with E-state index < -0.39 is 20.8 Å². The average Bonchev–Trinajstić information content (AvgIpc) is 3.18. The number of benzene rings is 1. The van der Waals surface area contributed by atoms with Crippen LogP contribution in [0.25, 0.3) is 0 Å². The lowest BCUT2D eigenvalue weighted by molar-refractivity contribution is 0.477. The first kappa shape index (κ1) is 18.6. The largest absolute Gasteiger partial charge is 0.254 e. The van der Waals surface area contributed by atoms with Crippen molar-refractivity contribution in [2.45, 2.75) is 27.7 Å². The first-order valence-corrected chi connectivity index (χ1v) is 11.8. The van der Waals surface area contributed by atoms with E-state index in [1.54, 1.807) is 12.1 Å². The molecule has 5 nitrogen and oxygen atoms in total. The van der Waals surface area contributed by atoms with Crippen molar-refractivity contribution in [2.75, 3.05) is 24.6 Å². The minimum Gasteiger partial charge on any atom is -0.254 e. The topological polar surface area (TPSA) is 67.3 Å². The van der Waals surface area contributed by atoms with Crippen molar-refractivity contribution in [1.29, 1.82) is 0 Å². The van der Waals surface area contributed by atoms with Crippen molar-refractivity contribution < 1.29 is 12.6 Å². The molecule has 0 aliphatic carbocycles. The number of thioether (sulfide) groups is 1. The third-order valence-corrected chi connectivity index (χ3v) is 8.40. The lowest BCUT2D eigenvalue weighted by atomic mass is 10.4. The summed E-state index contributed by atoms with van der Waals surface area (Å²) in [4.78, 5) is 5.31. The van der Waals surface area contributed by atoms with Crippen LogP contribution < -0.4 is 0 Å². The Morgan fingerprint density at radius 2 is 1.80 bits per heavy atom. The monoisotopic (exact) mass is 396 g/mol. The normalized spacial score (nSPS) is 16.8. The van der Waals surface area contributed by atoms with Crippen LogP contribution in [0.2, 0.25) is 0 Å². The van der Waals surface area contributed by atoms with E-state index in [1.807, 2.05) is 30.3 Å². The summed E-state index contributed by atoms with van der Waals surface area (Å²) in [5.74, 6) is 1.19. The van der Waals surface area contributed by atoms with Gasteiger partial charge in [0.25, 0.3) is 0 Å². The van der Waals surface area contributed by atoms with Gasteiger partial charge < -0.3 is 0 Å². The zero-order valence-corrected chi connectivity index (χ0v) is 16.2. The van der Waals surface area contributed by atoms with E-state index in [0.29, 0.717) is 24.6 Å². The molecule has 1 aromatic carbocycles. The molecule has 1 aliphatic rings. The molecule has 1 fully saturated rings. The molecule has 2 heterocycles. The van der Waals surface area contributed by atoms with E-state index in [2.05, 4.69) is 4.98 Å². The minimum absolute atomic E-state index is 0.242. The van der Waals surface area contributed by atoms with E-state index in [1.165, 1.54) is 22.3 Å². The van der Waals surface area contributed by atoms with Crippen molar-refractivity contribution in [2.24, 2.45) is 0 Å². The lowest BCUT2D eigenvalue weighted by Crippen LogP contribution is -2.27. The van der Waals surface area contributed by atoms with Crippen LogP contribution in [0, 0.1) is 0 Å². The molecule has 8 heteroatoms.